The second-order valence-electron chi connectivity index (χ2n) is 4.72. The summed E-state index contributed by atoms with van der Waals surface area (Å²) < 4.78 is 0. The molecule has 3 unspecified atom stereocenters. The molecule has 4 atom stereocenters. The molecular weight excluding hydrogens is 260 g/mol. The molecule has 2 saturated heterocycles. The van der Waals surface area contributed by atoms with Gasteiger partial charge in [0.2, 0.25) is 11.8 Å². The highest BCUT2D eigenvalue weighted by Crippen LogP contribution is 2.42. The van der Waals surface area contributed by atoms with Gasteiger partial charge in [0.1, 0.15) is 17.0 Å². The molecular formula is C10H14N2O5S. The van der Waals surface area contributed by atoms with E-state index in [0.29, 0.717) is 0 Å². The van der Waals surface area contributed by atoms with Gasteiger partial charge in [-0.1, -0.05) is 0 Å². The van der Waals surface area contributed by atoms with Crippen LogP contribution in [0.2, 0.25) is 0 Å². The maximum Gasteiger partial charge on any atom is 0.329 e. The summed E-state index contributed by atoms with van der Waals surface area (Å²) >= 11 is 1.27. The van der Waals surface area contributed by atoms with Crippen LogP contribution < -0.4 is 5.32 Å². The van der Waals surface area contributed by atoms with Gasteiger partial charge in [-0.05, 0) is 6.92 Å². The zero-order valence-electron chi connectivity index (χ0n) is 9.91. The third-order valence-corrected chi connectivity index (χ3v) is 4.68. The monoisotopic (exact) mass is 274 g/mol. The van der Waals surface area contributed by atoms with Crippen molar-refractivity contribution in [2.45, 2.75) is 36.9 Å². The molecule has 2 heterocycles. The molecule has 0 saturated carbocycles. The van der Waals surface area contributed by atoms with Crippen LogP contribution in [0.15, 0.2) is 0 Å². The lowest BCUT2D eigenvalue weighted by Gasteiger charge is -2.55. The highest BCUT2D eigenvalue weighted by atomic mass is 32.2. The van der Waals surface area contributed by atoms with Crippen LogP contribution in [0.25, 0.3) is 0 Å². The van der Waals surface area contributed by atoms with Crippen molar-refractivity contribution < 1.29 is 24.6 Å². The smallest absolute Gasteiger partial charge is 0.329 e. The number of carbonyl (C=O) groups excluding carboxylic acids is 2. The van der Waals surface area contributed by atoms with Gasteiger partial charge < -0.3 is 20.4 Å². The number of hydrogen-bond acceptors (Lipinski definition) is 5. The molecule has 18 heavy (non-hydrogen) atoms. The predicted molar refractivity (Wildman–Crippen MR) is 62.7 cm³/mol. The quantitative estimate of drug-likeness (QED) is 0.535. The summed E-state index contributed by atoms with van der Waals surface area (Å²) in [6, 6.07) is -1.95. The van der Waals surface area contributed by atoms with Crippen LogP contribution in [0.5, 0.6) is 0 Å². The Morgan fingerprint density at radius 1 is 1.56 bits per heavy atom. The second kappa shape index (κ2) is 4.13. The second-order valence-corrected chi connectivity index (χ2v) is 5.83. The lowest BCUT2D eigenvalue weighted by atomic mass is 9.91. The minimum absolute atomic E-state index is 0.203. The van der Waals surface area contributed by atoms with E-state index >= 15 is 0 Å². The van der Waals surface area contributed by atoms with E-state index in [2.05, 4.69) is 5.32 Å². The molecule has 2 aliphatic rings. The zero-order valence-corrected chi connectivity index (χ0v) is 10.7. The van der Waals surface area contributed by atoms with E-state index in [0.717, 1.165) is 4.90 Å². The Morgan fingerprint density at radius 2 is 2.17 bits per heavy atom. The largest absolute Gasteiger partial charge is 0.480 e. The fourth-order valence-electron chi connectivity index (χ4n) is 2.31. The minimum Gasteiger partial charge on any atom is -0.480 e. The van der Waals surface area contributed by atoms with Gasteiger partial charge in [-0.25, -0.2) is 4.79 Å². The molecule has 7 nitrogen and oxygen atoms in total. The van der Waals surface area contributed by atoms with Crippen LogP contribution >= 0.6 is 11.8 Å². The highest BCUT2D eigenvalue weighted by Gasteiger charge is 2.61. The van der Waals surface area contributed by atoms with Gasteiger partial charge in [-0.2, -0.15) is 0 Å². The number of amides is 2. The highest BCUT2D eigenvalue weighted by molar-refractivity contribution is 8.00. The van der Waals surface area contributed by atoms with Crippen molar-refractivity contribution in [2.24, 2.45) is 0 Å². The lowest BCUT2D eigenvalue weighted by Crippen LogP contribution is -2.78. The molecule has 3 N–H and O–H groups in total. The van der Waals surface area contributed by atoms with Crippen molar-refractivity contribution in [3.8, 4) is 0 Å². The van der Waals surface area contributed by atoms with E-state index in [1.807, 2.05) is 0 Å². The Labute approximate surface area is 108 Å². The maximum atomic E-state index is 11.9. The number of aliphatic carboxylic acids is 1. The first-order chi connectivity index (χ1) is 8.25. The van der Waals surface area contributed by atoms with E-state index in [1.54, 1.807) is 0 Å². The molecule has 2 amide bonds. The summed E-state index contributed by atoms with van der Waals surface area (Å²) in [5.41, 5.74) is -1.47. The molecule has 2 fully saturated rings. The van der Waals surface area contributed by atoms with Crippen LogP contribution in [0, 0.1) is 0 Å². The number of aliphatic hydroxyl groups is 1. The molecule has 0 spiro atoms. The maximum absolute atomic E-state index is 11.9. The summed E-state index contributed by atoms with van der Waals surface area (Å²) in [5, 5.41) is 21.2. The van der Waals surface area contributed by atoms with Crippen molar-refractivity contribution >= 4 is 29.5 Å². The van der Waals surface area contributed by atoms with Crippen LogP contribution in [-0.4, -0.2) is 61.7 Å². The standard InChI is InChI=1S/C10H14N2O5S/c1-4(13)11-5-7(14)12-6(9(15)16)10(2,17)3-18-8(5)12/h5-6,8,17H,3H2,1-2H3,(H,11,13)(H,15,16)/t5?,6?,8-,10?/m0/s1. The number of nitrogens with one attached hydrogen (secondary N) is 1. The third-order valence-electron chi connectivity index (χ3n) is 3.09. The number of hydrogen-bond donors (Lipinski definition) is 3. The van der Waals surface area contributed by atoms with Gasteiger partial charge in [0.15, 0.2) is 6.04 Å². The molecule has 2 rings (SSSR count). The Hall–Kier alpha value is -1.28. The molecule has 0 aromatic rings. The summed E-state index contributed by atoms with van der Waals surface area (Å²) in [6.45, 7) is 2.70. The van der Waals surface area contributed by atoms with Crippen LogP contribution in [0.3, 0.4) is 0 Å². The van der Waals surface area contributed by atoms with Crippen molar-refractivity contribution in [3.63, 3.8) is 0 Å². The van der Waals surface area contributed by atoms with Crippen molar-refractivity contribution in [2.75, 3.05) is 5.75 Å². The number of carbonyl (C=O) groups is 3. The van der Waals surface area contributed by atoms with Crippen LogP contribution in [0.4, 0.5) is 0 Å². The number of carboxylic acids is 1. The zero-order chi connectivity index (χ0) is 13.7. The molecule has 0 radical (unpaired) electrons. The molecule has 0 aliphatic carbocycles. The molecule has 2 aliphatic heterocycles. The van der Waals surface area contributed by atoms with Crippen molar-refractivity contribution in [1.29, 1.82) is 0 Å². The van der Waals surface area contributed by atoms with Crippen molar-refractivity contribution in [1.82, 2.24) is 10.2 Å². The average Bonchev–Trinajstić information content (AvgIpc) is 2.24. The minimum atomic E-state index is -1.47. The number of rotatable bonds is 2. The first-order valence-corrected chi connectivity index (χ1v) is 6.46. The summed E-state index contributed by atoms with van der Waals surface area (Å²) in [6.07, 6.45) is 0. The first kappa shape index (κ1) is 13.2. The van der Waals surface area contributed by atoms with Gasteiger partial charge in [-0.3, -0.25) is 9.59 Å². The van der Waals surface area contributed by atoms with Gasteiger partial charge >= 0.3 is 5.97 Å². The molecule has 0 bridgehead atoms. The fraction of sp³-hybridized carbons (Fsp3) is 0.700. The van der Waals surface area contributed by atoms with E-state index in [1.165, 1.54) is 25.6 Å². The van der Waals surface area contributed by atoms with Crippen LogP contribution in [0.1, 0.15) is 13.8 Å². The summed E-state index contributed by atoms with van der Waals surface area (Å²) in [4.78, 5) is 35.1. The molecule has 8 heteroatoms. The van der Waals surface area contributed by atoms with Gasteiger partial charge in [-0.15, -0.1) is 11.8 Å². The van der Waals surface area contributed by atoms with E-state index in [-0.39, 0.29) is 11.7 Å². The number of thioether (sulfide) groups is 1. The summed E-state index contributed by atoms with van der Waals surface area (Å²) in [7, 11) is 0. The third kappa shape index (κ3) is 1.85. The number of fused-ring (bicyclic) bond motifs is 1. The lowest BCUT2D eigenvalue weighted by molar-refractivity contribution is -0.174. The SMILES string of the molecule is CC(=O)NC1C(=O)N2C(C(=O)O)C(C)(O)CS[C@@H]12. The Morgan fingerprint density at radius 3 is 2.67 bits per heavy atom. The Balaban J connectivity index is 2.21. The average molecular weight is 274 g/mol. The van der Waals surface area contributed by atoms with Gasteiger partial charge in [0.25, 0.3) is 0 Å². The van der Waals surface area contributed by atoms with Gasteiger partial charge in [0.05, 0.1) is 0 Å². The molecule has 100 valence electrons. The fourth-order valence-corrected chi connectivity index (χ4v) is 3.74. The normalized spacial score (nSPS) is 38.7. The topological polar surface area (TPSA) is 107 Å². The predicted octanol–water partition coefficient (Wildman–Crippen LogP) is -1.39. The number of nitrogens with zero attached hydrogens (tertiary/aromatic N) is 1. The van der Waals surface area contributed by atoms with E-state index < -0.39 is 34.9 Å². The number of carboxylic acid groups (broad SMARTS) is 1. The van der Waals surface area contributed by atoms with Crippen molar-refractivity contribution in [3.05, 3.63) is 0 Å². The van der Waals surface area contributed by atoms with Crippen LogP contribution in [-0.2, 0) is 14.4 Å². The first-order valence-electron chi connectivity index (χ1n) is 5.42. The van der Waals surface area contributed by atoms with Gasteiger partial charge in [0, 0.05) is 12.7 Å². The van der Waals surface area contributed by atoms with E-state index in [4.69, 9.17) is 5.11 Å². The van der Waals surface area contributed by atoms with E-state index in [9.17, 15) is 19.5 Å². The Kier molecular flexibility index (Phi) is 3.02. The Bertz CT molecular complexity index is 424. The molecule has 0 aromatic heterocycles. The summed E-state index contributed by atoms with van der Waals surface area (Å²) in [5.74, 6) is -1.83. The molecule has 0 aromatic carbocycles. The number of β-lactam (4-membered cyclic amide) rings is 1.